The van der Waals surface area contributed by atoms with Crippen LogP contribution in [0.2, 0.25) is 0 Å². The highest BCUT2D eigenvalue weighted by Crippen LogP contribution is 2.25. The number of halogens is 1. The molecule has 1 saturated heterocycles. The number of likely N-dealkylation sites (tertiary alicyclic amines) is 1. The first-order valence-electron chi connectivity index (χ1n) is 10.4. The number of nitrogens with zero attached hydrogens (tertiary/aromatic N) is 3. The number of carbonyl (C=O) groups is 1. The number of hydrogen-bond acceptors (Lipinski definition) is 4. The van der Waals surface area contributed by atoms with Gasteiger partial charge in [0.1, 0.15) is 5.82 Å². The van der Waals surface area contributed by atoms with Gasteiger partial charge in [0.05, 0.1) is 6.54 Å². The highest BCUT2D eigenvalue weighted by molar-refractivity contribution is 5.69. The molecule has 1 aromatic rings. The highest BCUT2D eigenvalue weighted by Gasteiger charge is 2.22. The fraction of sp³-hybridized carbons (Fsp3) is 0.682. The van der Waals surface area contributed by atoms with Crippen LogP contribution in [-0.2, 0) is 11.3 Å². The van der Waals surface area contributed by atoms with Crippen molar-refractivity contribution >= 4 is 11.7 Å². The Morgan fingerprint density at radius 3 is 2.75 bits per heavy atom. The molecule has 0 amide bonds. The molecule has 0 bridgehead atoms. The maximum atomic E-state index is 14.0. The van der Waals surface area contributed by atoms with Crippen LogP contribution < -0.4 is 4.90 Å². The molecule has 1 fully saturated rings. The molecule has 2 atom stereocenters. The summed E-state index contributed by atoms with van der Waals surface area (Å²) in [5.74, 6) is -0.381. The lowest BCUT2D eigenvalue weighted by Gasteiger charge is -2.28. The molecule has 1 heterocycles. The van der Waals surface area contributed by atoms with E-state index in [4.69, 9.17) is 5.11 Å². The van der Waals surface area contributed by atoms with E-state index in [0.29, 0.717) is 12.0 Å². The minimum absolute atomic E-state index is 0.0825. The molecular formula is C22H36FN3O2. The van der Waals surface area contributed by atoms with Crippen molar-refractivity contribution in [3.05, 3.63) is 29.6 Å². The van der Waals surface area contributed by atoms with Crippen molar-refractivity contribution in [2.45, 2.75) is 52.1 Å². The fourth-order valence-corrected chi connectivity index (χ4v) is 4.07. The number of aliphatic carboxylic acids is 1. The van der Waals surface area contributed by atoms with Gasteiger partial charge in [-0.05, 0) is 69.1 Å². The molecule has 1 N–H and O–H groups in total. The van der Waals surface area contributed by atoms with E-state index in [1.807, 2.05) is 18.0 Å². The van der Waals surface area contributed by atoms with Gasteiger partial charge in [-0.3, -0.25) is 14.6 Å². The highest BCUT2D eigenvalue weighted by atomic mass is 19.1. The summed E-state index contributed by atoms with van der Waals surface area (Å²) in [6, 6.07) is 5.40. The van der Waals surface area contributed by atoms with E-state index in [1.165, 1.54) is 0 Å². The lowest BCUT2D eigenvalue weighted by molar-refractivity contribution is -0.138. The topological polar surface area (TPSA) is 47.0 Å². The maximum Gasteiger partial charge on any atom is 0.317 e. The molecule has 0 radical (unpaired) electrons. The third-order valence-corrected chi connectivity index (χ3v) is 5.93. The number of carboxylic acid groups (broad SMARTS) is 1. The van der Waals surface area contributed by atoms with Crippen LogP contribution in [0.4, 0.5) is 10.1 Å². The summed E-state index contributed by atoms with van der Waals surface area (Å²) in [5.41, 5.74) is 2.13. The van der Waals surface area contributed by atoms with Crippen LogP contribution >= 0.6 is 0 Å². The molecule has 6 heteroatoms. The van der Waals surface area contributed by atoms with E-state index in [-0.39, 0.29) is 12.4 Å². The standard InChI is InChI=1S/C22H36FN3O2/c1-5-17(2)14-25(4)21-9-8-19(23)13-18(21)15-26-11-6-7-20(10-12-26)24(3)16-22(27)28/h8-9,13,17,20H,5-7,10-12,14-16H2,1-4H3,(H,27,28). The zero-order valence-electron chi connectivity index (χ0n) is 17.8. The van der Waals surface area contributed by atoms with Crippen LogP contribution in [-0.4, -0.2) is 67.2 Å². The van der Waals surface area contributed by atoms with Crippen LogP contribution in [0.1, 0.15) is 45.1 Å². The maximum absolute atomic E-state index is 14.0. The number of rotatable bonds is 9. The first-order chi connectivity index (χ1) is 13.3. The van der Waals surface area contributed by atoms with Gasteiger partial charge < -0.3 is 10.0 Å². The second-order valence-corrected chi connectivity index (χ2v) is 8.34. The van der Waals surface area contributed by atoms with E-state index in [2.05, 4.69) is 30.7 Å². The molecule has 0 saturated carbocycles. The first kappa shape index (κ1) is 22.6. The lowest BCUT2D eigenvalue weighted by Crippen LogP contribution is -2.36. The molecule has 0 aromatic heterocycles. The predicted octanol–water partition coefficient (Wildman–Crippen LogP) is 3.68. The van der Waals surface area contributed by atoms with E-state index >= 15 is 0 Å². The van der Waals surface area contributed by atoms with Crippen molar-refractivity contribution in [3.63, 3.8) is 0 Å². The van der Waals surface area contributed by atoms with Gasteiger partial charge in [0.15, 0.2) is 0 Å². The van der Waals surface area contributed by atoms with Crippen molar-refractivity contribution in [1.82, 2.24) is 9.80 Å². The van der Waals surface area contributed by atoms with Crippen molar-refractivity contribution < 1.29 is 14.3 Å². The molecule has 5 nitrogen and oxygen atoms in total. The Bertz CT molecular complexity index is 640. The molecule has 158 valence electrons. The molecule has 0 aliphatic carbocycles. The minimum atomic E-state index is -0.780. The Hall–Kier alpha value is -1.66. The summed E-state index contributed by atoms with van der Waals surface area (Å²) in [6.07, 6.45) is 4.10. The third kappa shape index (κ3) is 6.74. The van der Waals surface area contributed by atoms with Crippen molar-refractivity contribution in [1.29, 1.82) is 0 Å². The number of benzene rings is 1. The largest absolute Gasteiger partial charge is 0.480 e. The monoisotopic (exact) mass is 393 g/mol. The summed E-state index contributed by atoms with van der Waals surface area (Å²) in [6.45, 7) is 8.06. The van der Waals surface area contributed by atoms with Crippen molar-refractivity contribution in [3.8, 4) is 0 Å². The average Bonchev–Trinajstić information content (AvgIpc) is 2.86. The van der Waals surface area contributed by atoms with Crippen LogP contribution in [0.5, 0.6) is 0 Å². The van der Waals surface area contributed by atoms with Gasteiger partial charge in [-0.1, -0.05) is 20.3 Å². The average molecular weight is 394 g/mol. The van der Waals surface area contributed by atoms with Crippen LogP contribution in [0.3, 0.4) is 0 Å². The van der Waals surface area contributed by atoms with Crippen molar-refractivity contribution in [2.75, 3.05) is 45.2 Å². The predicted molar refractivity (Wildman–Crippen MR) is 112 cm³/mol. The lowest BCUT2D eigenvalue weighted by atomic mass is 10.1. The Labute approximate surface area is 169 Å². The SMILES string of the molecule is CCC(C)CN(C)c1ccc(F)cc1CN1CCCC(N(C)CC(=O)O)CC1. The molecule has 1 aromatic carbocycles. The molecule has 2 unspecified atom stereocenters. The number of carboxylic acids is 1. The zero-order valence-corrected chi connectivity index (χ0v) is 17.8. The molecule has 1 aliphatic heterocycles. The van der Waals surface area contributed by atoms with Gasteiger partial charge in [0.2, 0.25) is 0 Å². The molecule has 1 aliphatic rings. The quantitative estimate of drug-likeness (QED) is 0.693. The fourth-order valence-electron chi connectivity index (χ4n) is 4.07. The van der Waals surface area contributed by atoms with Crippen LogP contribution in [0.15, 0.2) is 18.2 Å². The van der Waals surface area contributed by atoms with E-state index in [0.717, 1.165) is 63.1 Å². The van der Waals surface area contributed by atoms with Crippen LogP contribution in [0.25, 0.3) is 0 Å². The Morgan fingerprint density at radius 2 is 2.07 bits per heavy atom. The molecular weight excluding hydrogens is 357 g/mol. The Morgan fingerprint density at radius 1 is 1.32 bits per heavy atom. The summed E-state index contributed by atoms with van der Waals surface area (Å²) in [7, 11) is 3.98. The summed E-state index contributed by atoms with van der Waals surface area (Å²) in [4.78, 5) is 17.5. The number of hydrogen-bond donors (Lipinski definition) is 1. The minimum Gasteiger partial charge on any atom is -0.480 e. The molecule has 0 spiro atoms. The summed E-state index contributed by atoms with van der Waals surface area (Å²) < 4.78 is 14.0. The van der Waals surface area contributed by atoms with Gasteiger partial charge >= 0.3 is 5.97 Å². The third-order valence-electron chi connectivity index (χ3n) is 5.93. The molecule has 28 heavy (non-hydrogen) atoms. The van der Waals surface area contributed by atoms with Gasteiger partial charge in [0, 0.05) is 31.9 Å². The van der Waals surface area contributed by atoms with E-state index in [1.54, 1.807) is 12.1 Å². The zero-order chi connectivity index (χ0) is 20.7. The second-order valence-electron chi connectivity index (χ2n) is 8.34. The second kappa shape index (κ2) is 10.8. The van der Waals surface area contributed by atoms with Gasteiger partial charge in [-0.15, -0.1) is 0 Å². The first-order valence-corrected chi connectivity index (χ1v) is 10.4. The van der Waals surface area contributed by atoms with Gasteiger partial charge in [0.25, 0.3) is 0 Å². The van der Waals surface area contributed by atoms with Gasteiger partial charge in [-0.2, -0.15) is 0 Å². The molecule has 2 rings (SSSR count). The summed E-state index contributed by atoms with van der Waals surface area (Å²) in [5, 5.41) is 9.03. The van der Waals surface area contributed by atoms with Crippen molar-refractivity contribution in [2.24, 2.45) is 5.92 Å². The van der Waals surface area contributed by atoms with E-state index < -0.39 is 5.97 Å². The normalized spacial score (nSPS) is 19.4. The Kier molecular flexibility index (Phi) is 8.70. The summed E-state index contributed by atoms with van der Waals surface area (Å²) >= 11 is 0. The van der Waals surface area contributed by atoms with Crippen LogP contribution in [0, 0.1) is 11.7 Å². The van der Waals surface area contributed by atoms with E-state index in [9.17, 15) is 9.18 Å². The Balaban J connectivity index is 2.04. The smallest absolute Gasteiger partial charge is 0.317 e. The number of likely N-dealkylation sites (N-methyl/N-ethyl adjacent to an activating group) is 1. The van der Waals surface area contributed by atoms with Gasteiger partial charge in [-0.25, -0.2) is 4.39 Å². The number of anilines is 1.